The zero-order chi connectivity index (χ0) is 16.5. The molecule has 1 unspecified atom stereocenters. The molecule has 0 radical (unpaired) electrons. The van der Waals surface area contributed by atoms with E-state index in [2.05, 4.69) is 4.72 Å². The number of ether oxygens (including phenoxy) is 2. The normalized spacial score (nSPS) is 22.3. The van der Waals surface area contributed by atoms with Crippen LogP contribution in [0, 0.1) is 5.92 Å². The van der Waals surface area contributed by atoms with Crippen LogP contribution in [0.1, 0.15) is 19.3 Å². The van der Waals surface area contributed by atoms with E-state index in [-0.39, 0.29) is 35.7 Å². The molecule has 2 heterocycles. The maximum atomic E-state index is 12.2. The van der Waals surface area contributed by atoms with Gasteiger partial charge in [-0.2, -0.15) is 0 Å². The molecule has 1 aromatic rings. The minimum absolute atomic E-state index is 0.0938. The van der Waals surface area contributed by atoms with Gasteiger partial charge in [-0.15, -0.1) is 0 Å². The molecule has 0 aromatic heterocycles. The second kappa shape index (κ2) is 6.29. The van der Waals surface area contributed by atoms with Gasteiger partial charge in [0.25, 0.3) is 0 Å². The zero-order valence-electron chi connectivity index (χ0n) is 12.5. The summed E-state index contributed by atoms with van der Waals surface area (Å²) in [6, 6.07) is 4.48. The van der Waals surface area contributed by atoms with Crippen molar-refractivity contribution in [3.8, 4) is 11.5 Å². The summed E-state index contributed by atoms with van der Waals surface area (Å²) in [6.45, 7) is 0.379. The second-order valence-corrected chi connectivity index (χ2v) is 9.82. The molecule has 1 fully saturated rings. The Morgan fingerprint density at radius 3 is 2.74 bits per heavy atom. The number of rotatable bonds is 6. The molecule has 2 aliphatic heterocycles. The SMILES string of the molecule is O=S1(=O)CCC(CCCNS(=O)(=O)c2ccc3c(c2)OCO3)C1. The van der Waals surface area contributed by atoms with E-state index in [0.717, 1.165) is 0 Å². The summed E-state index contributed by atoms with van der Waals surface area (Å²) in [4.78, 5) is 0.130. The quantitative estimate of drug-likeness (QED) is 0.756. The van der Waals surface area contributed by atoms with Crippen molar-refractivity contribution < 1.29 is 26.3 Å². The third-order valence-corrected chi connectivity index (χ3v) is 7.36. The zero-order valence-corrected chi connectivity index (χ0v) is 14.2. The van der Waals surface area contributed by atoms with Gasteiger partial charge >= 0.3 is 0 Å². The lowest BCUT2D eigenvalue weighted by molar-refractivity contribution is 0.174. The minimum atomic E-state index is -3.60. The first kappa shape index (κ1) is 16.5. The summed E-state index contributed by atoms with van der Waals surface area (Å²) in [7, 11) is -6.48. The van der Waals surface area contributed by atoms with Crippen molar-refractivity contribution in [2.75, 3.05) is 24.8 Å². The van der Waals surface area contributed by atoms with E-state index in [1.165, 1.54) is 12.1 Å². The fourth-order valence-corrected chi connectivity index (χ4v) is 5.82. The van der Waals surface area contributed by atoms with Gasteiger partial charge in [0.05, 0.1) is 16.4 Å². The summed E-state index contributed by atoms with van der Waals surface area (Å²) >= 11 is 0. The Balaban J connectivity index is 1.51. The number of benzene rings is 1. The Hall–Kier alpha value is -1.32. The molecule has 23 heavy (non-hydrogen) atoms. The summed E-state index contributed by atoms with van der Waals surface area (Å²) in [5.41, 5.74) is 0. The van der Waals surface area contributed by atoms with Gasteiger partial charge in [-0.3, -0.25) is 0 Å². The smallest absolute Gasteiger partial charge is 0.240 e. The van der Waals surface area contributed by atoms with Crippen molar-refractivity contribution in [3.63, 3.8) is 0 Å². The summed E-state index contributed by atoms with van der Waals surface area (Å²) in [5.74, 6) is 1.58. The molecule has 128 valence electrons. The topological polar surface area (TPSA) is 98.8 Å². The molecule has 2 aliphatic rings. The maximum Gasteiger partial charge on any atom is 0.240 e. The number of fused-ring (bicyclic) bond motifs is 1. The van der Waals surface area contributed by atoms with Crippen LogP contribution in [-0.2, 0) is 19.9 Å². The highest BCUT2D eigenvalue weighted by molar-refractivity contribution is 7.91. The second-order valence-electron chi connectivity index (χ2n) is 5.82. The summed E-state index contributed by atoms with van der Waals surface area (Å²) < 4.78 is 60.1. The molecule has 0 saturated carbocycles. The van der Waals surface area contributed by atoms with Gasteiger partial charge in [0.1, 0.15) is 0 Å². The number of hydrogen-bond acceptors (Lipinski definition) is 6. The number of hydrogen-bond donors (Lipinski definition) is 1. The van der Waals surface area contributed by atoms with Crippen LogP contribution in [0.15, 0.2) is 23.1 Å². The van der Waals surface area contributed by atoms with Crippen molar-refractivity contribution in [2.45, 2.75) is 24.2 Å². The first-order chi connectivity index (χ1) is 10.9. The molecule has 1 atom stereocenters. The van der Waals surface area contributed by atoms with Gasteiger partial charge < -0.3 is 9.47 Å². The average molecular weight is 361 g/mol. The summed E-state index contributed by atoms with van der Waals surface area (Å²) in [6.07, 6.45) is 2.00. The largest absolute Gasteiger partial charge is 0.454 e. The molecular weight excluding hydrogens is 342 g/mol. The molecule has 1 saturated heterocycles. The molecule has 1 aromatic carbocycles. The standard InChI is InChI=1S/C14H19NO6S2/c16-22(17)7-5-11(9-22)2-1-6-15-23(18,19)12-3-4-13-14(8-12)21-10-20-13/h3-4,8,11,15H,1-2,5-7,9-10H2. The third kappa shape index (κ3) is 3.96. The van der Waals surface area contributed by atoms with Crippen LogP contribution in [-0.4, -0.2) is 41.7 Å². The highest BCUT2D eigenvalue weighted by atomic mass is 32.2. The minimum Gasteiger partial charge on any atom is -0.454 e. The molecule has 3 rings (SSSR count). The van der Waals surface area contributed by atoms with Gasteiger partial charge in [-0.05, 0) is 37.3 Å². The fraction of sp³-hybridized carbons (Fsp3) is 0.571. The van der Waals surface area contributed by atoms with Gasteiger partial charge in [0.15, 0.2) is 21.3 Å². The van der Waals surface area contributed by atoms with Crippen LogP contribution in [0.5, 0.6) is 11.5 Å². The molecule has 7 nitrogen and oxygen atoms in total. The van der Waals surface area contributed by atoms with E-state index >= 15 is 0 Å². The Labute approximate surface area is 136 Å². The lowest BCUT2D eigenvalue weighted by Crippen LogP contribution is -2.25. The third-order valence-electron chi connectivity index (χ3n) is 4.06. The lowest BCUT2D eigenvalue weighted by atomic mass is 10.0. The Morgan fingerprint density at radius 2 is 2.00 bits per heavy atom. The van der Waals surface area contributed by atoms with Crippen molar-refractivity contribution >= 4 is 19.9 Å². The van der Waals surface area contributed by atoms with E-state index in [9.17, 15) is 16.8 Å². The maximum absolute atomic E-state index is 12.2. The Kier molecular flexibility index (Phi) is 4.52. The number of sulfonamides is 1. The van der Waals surface area contributed by atoms with E-state index in [1.54, 1.807) is 6.07 Å². The highest BCUT2D eigenvalue weighted by Crippen LogP contribution is 2.33. The Morgan fingerprint density at radius 1 is 1.22 bits per heavy atom. The highest BCUT2D eigenvalue weighted by Gasteiger charge is 2.27. The van der Waals surface area contributed by atoms with Gasteiger partial charge in [0, 0.05) is 12.6 Å². The van der Waals surface area contributed by atoms with E-state index in [1.807, 2.05) is 0 Å². The van der Waals surface area contributed by atoms with Crippen LogP contribution in [0.3, 0.4) is 0 Å². The molecule has 0 aliphatic carbocycles. The summed E-state index contributed by atoms with van der Waals surface area (Å²) in [5, 5.41) is 0. The van der Waals surface area contributed by atoms with Crippen molar-refractivity contribution in [1.82, 2.24) is 4.72 Å². The van der Waals surface area contributed by atoms with Crippen LogP contribution in [0.4, 0.5) is 0 Å². The van der Waals surface area contributed by atoms with Crippen molar-refractivity contribution in [2.24, 2.45) is 5.92 Å². The molecule has 1 N–H and O–H groups in total. The first-order valence-electron chi connectivity index (χ1n) is 7.45. The van der Waals surface area contributed by atoms with E-state index in [0.29, 0.717) is 30.8 Å². The predicted octanol–water partition coefficient (Wildman–Crippen LogP) is 0.909. The van der Waals surface area contributed by atoms with Crippen LogP contribution >= 0.6 is 0 Å². The number of sulfone groups is 1. The molecule has 0 amide bonds. The Bertz CT molecular complexity index is 787. The first-order valence-corrected chi connectivity index (χ1v) is 10.8. The van der Waals surface area contributed by atoms with Gasteiger partial charge in [0.2, 0.25) is 16.8 Å². The van der Waals surface area contributed by atoms with Crippen molar-refractivity contribution in [1.29, 1.82) is 0 Å². The molecule has 9 heteroatoms. The van der Waals surface area contributed by atoms with Crippen LogP contribution in [0.25, 0.3) is 0 Å². The molecule has 0 spiro atoms. The molecule has 0 bridgehead atoms. The van der Waals surface area contributed by atoms with Gasteiger partial charge in [-0.25, -0.2) is 21.6 Å². The van der Waals surface area contributed by atoms with Gasteiger partial charge in [-0.1, -0.05) is 0 Å². The van der Waals surface area contributed by atoms with E-state index in [4.69, 9.17) is 9.47 Å². The van der Waals surface area contributed by atoms with Crippen molar-refractivity contribution in [3.05, 3.63) is 18.2 Å². The number of nitrogens with one attached hydrogen (secondary N) is 1. The predicted molar refractivity (Wildman–Crippen MR) is 83.7 cm³/mol. The lowest BCUT2D eigenvalue weighted by Gasteiger charge is -2.09. The molecular formula is C14H19NO6S2. The van der Waals surface area contributed by atoms with Crippen LogP contribution in [0.2, 0.25) is 0 Å². The van der Waals surface area contributed by atoms with Crippen LogP contribution < -0.4 is 14.2 Å². The monoisotopic (exact) mass is 361 g/mol. The fourth-order valence-electron chi connectivity index (χ4n) is 2.82. The average Bonchev–Trinajstić information content (AvgIpc) is 3.08. The van der Waals surface area contributed by atoms with E-state index < -0.39 is 19.9 Å².